The molecule has 1 aliphatic rings. The summed E-state index contributed by atoms with van der Waals surface area (Å²) in [5.41, 5.74) is 5.68. The maximum Gasteiger partial charge on any atom is 0.281 e. The van der Waals surface area contributed by atoms with Gasteiger partial charge in [-0.15, -0.1) is 0 Å². The number of rotatable bonds is 6. The summed E-state index contributed by atoms with van der Waals surface area (Å²) in [6.45, 7) is 7.29. The number of amides is 1. The molecule has 1 saturated heterocycles. The lowest BCUT2D eigenvalue weighted by molar-refractivity contribution is -0.123. The largest absolute Gasteiger partial charge is 0.287 e. The highest BCUT2D eigenvalue weighted by atomic mass is 32.2. The van der Waals surface area contributed by atoms with Crippen LogP contribution in [0.5, 0.6) is 0 Å². The summed E-state index contributed by atoms with van der Waals surface area (Å²) in [5, 5.41) is -0.518. The number of nitrogens with zero attached hydrogens (tertiary/aromatic N) is 2. The molecule has 1 aliphatic heterocycles. The van der Waals surface area contributed by atoms with E-state index in [0.717, 1.165) is 34.4 Å². The number of hydrogen-bond acceptors (Lipinski definition) is 5. The molecule has 1 fully saturated rings. The third kappa shape index (κ3) is 5.18. The number of pyridine rings is 1. The van der Waals surface area contributed by atoms with E-state index in [2.05, 4.69) is 35.7 Å². The van der Waals surface area contributed by atoms with Gasteiger partial charge < -0.3 is 0 Å². The van der Waals surface area contributed by atoms with Crippen LogP contribution >= 0.6 is 0 Å². The molecule has 2 heterocycles. The molecule has 2 atom stereocenters. The molecule has 34 heavy (non-hydrogen) atoms. The normalized spacial score (nSPS) is 18.7. The lowest BCUT2D eigenvalue weighted by Gasteiger charge is -2.25. The fraction of sp³-hybridized carbons (Fsp3) is 0.308. The molecule has 6 nitrogen and oxygen atoms in total. The van der Waals surface area contributed by atoms with Gasteiger partial charge >= 0.3 is 0 Å². The maximum absolute atomic E-state index is 13.5. The Morgan fingerprint density at radius 1 is 1.06 bits per heavy atom. The smallest absolute Gasteiger partial charge is 0.281 e. The molecule has 3 aromatic rings. The molecule has 0 aliphatic carbocycles. The highest BCUT2D eigenvalue weighted by molar-refractivity contribution is 7.90. The van der Waals surface area contributed by atoms with E-state index in [-0.39, 0.29) is 5.92 Å². The maximum atomic E-state index is 13.5. The molecular formula is C26H28FN3O3S. The van der Waals surface area contributed by atoms with Crippen molar-refractivity contribution in [2.45, 2.75) is 50.7 Å². The molecule has 0 saturated carbocycles. The predicted molar refractivity (Wildman–Crippen MR) is 128 cm³/mol. The SMILES string of the molecule is Cc1cc(C)c(CN2CC(c3ccccc3)CC2C(=O)NS(=O)(=O)c2cccc(F)n2)c(C)c1. The Labute approximate surface area is 199 Å². The molecular weight excluding hydrogens is 453 g/mol. The minimum Gasteiger partial charge on any atom is -0.287 e. The number of aromatic nitrogens is 1. The van der Waals surface area contributed by atoms with Crippen molar-refractivity contribution in [3.8, 4) is 0 Å². The zero-order valence-corrected chi connectivity index (χ0v) is 20.3. The van der Waals surface area contributed by atoms with Crippen molar-refractivity contribution in [1.29, 1.82) is 0 Å². The number of halogens is 1. The summed E-state index contributed by atoms with van der Waals surface area (Å²) in [6, 6.07) is 16.9. The molecule has 178 valence electrons. The third-order valence-corrected chi connectivity index (χ3v) is 7.63. The van der Waals surface area contributed by atoms with E-state index in [1.165, 1.54) is 11.6 Å². The average molecular weight is 482 g/mol. The Kier molecular flexibility index (Phi) is 6.81. The minimum atomic E-state index is -4.30. The molecule has 0 spiro atoms. The van der Waals surface area contributed by atoms with Crippen LogP contribution < -0.4 is 4.72 Å². The van der Waals surface area contributed by atoms with Gasteiger partial charge in [0.1, 0.15) is 0 Å². The van der Waals surface area contributed by atoms with Crippen molar-refractivity contribution in [2.24, 2.45) is 0 Å². The number of hydrogen-bond donors (Lipinski definition) is 1. The van der Waals surface area contributed by atoms with Gasteiger partial charge in [0, 0.05) is 13.1 Å². The molecule has 0 bridgehead atoms. The van der Waals surface area contributed by atoms with Crippen LogP contribution in [0.25, 0.3) is 0 Å². The molecule has 2 aromatic carbocycles. The van der Waals surface area contributed by atoms with Crippen LogP contribution in [0.15, 0.2) is 65.7 Å². The number of nitrogens with one attached hydrogen (secondary N) is 1. The summed E-state index contributed by atoms with van der Waals surface area (Å²) >= 11 is 0. The van der Waals surface area contributed by atoms with Crippen LogP contribution in [0.2, 0.25) is 0 Å². The second-order valence-corrected chi connectivity index (χ2v) is 10.6. The van der Waals surface area contributed by atoms with Gasteiger partial charge in [-0.25, -0.2) is 9.71 Å². The number of aryl methyl sites for hydroxylation is 3. The number of likely N-dealkylation sites (tertiary alicyclic amines) is 1. The first-order chi connectivity index (χ1) is 16.1. The molecule has 2 unspecified atom stereocenters. The summed E-state index contributed by atoms with van der Waals surface area (Å²) in [6.07, 6.45) is 0.478. The van der Waals surface area contributed by atoms with E-state index in [0.29, 0.717) is 19.5 Å². The Hall–Kier alpha value is -3.10. The summed E-state index contributed by atoms with van der Waals surface area (Å²) in [4.78, 5) is 18.7. The van der Waals surface area contributed by atoms with E-state index in [4.69, 9.17) is 0 Å². The summed E-state index contributed by atoms with van der Waals surface area (Å²) in [5.74, 6) is -1.47. The Bertz CT molecular complexity index is 1290. The lowest BCUT2D eigenvalue weighted by Crippen LogP contribution is -2.45. The standard InChI is InChI=1S/C26H28FN3O3S/c1-17-12-18(2)22(19(3)13-17)16-30-15-21(20-8-5-4-6-9-20)14-23(30)26(31)29-34(32,33)25-11-7-10-24(27)28-25/h4-13,21,23H,14-16H2,1-3H3,(H,29,31). The van der Waals surface area contributed by atoms with Crippen LogP contribution in [-0.4, -0.2) is 36.8 Å². The summed E-state index contributed by atoms with van der Waals surface area (Å²) < 4.78 is 41.1. The quantitative estimate of drug-likeness (QED) is 0.538. The van der Waals surface area contributed by atoms with Crippen molar-refractivity contribution >= 4 is 15.9 Å². The highest BCUT2D eigenvalue weighted by Crippen LogP contribution is 2.34. The monoisotopic (exact) mass is 481 g/mol. The second kappa shape index (κ2) is 9.64. The van der Waals surface area contributed by atoms with Crippen molar-refractivity contribution in [1.82, 2.24) is 14.6 Å². The van der Waals surface area contributed by atoms with Gasteiger partial charge in [-0.2, -0.15) is 12.8 Å². The van der Waals surface area contributed by atoms with E-state index in [9.17, 15) is 17.6 Å². The Balaban J connectivity index is 1.62. The van der Waals surface area contributed by atoms with Crippen LogP contribution in [0.1, 0.15) is 40.2 Å². The zero-order chi connectivity index (χ0) is 24.5. The lowest BCUT2D eigenvalue weighted by atomic mass is 9.96. The van der Waals surface area contributed by atoms with Crippen LogP contribution in [0.3, 0.4) is 0 Å². The Morgan fingerprint density at radius 3 is 2.38 bits per heavy atom. The van der Waals surface area contributed by atoms with Gasteiger partial charge in [0.05, 0.1) is 6.04 Å². The minimum absolute atomic E-state index is 0.0815. The topological polar surface area (TPSA) is 79.4 Å². The Morgan fingerprint density at radius 2 is 1.74 bits per heavy atom. The van der Waals surface area contributed by atoms with E-state index < -0.39 is 32.9 Å². The number of benzene rings is 2. The van der Waals surface area contributed by atoms with E-state index in [1.807, 2.05) is 42.2 Å². The van der Waals surface area contributed by atoms with E-state index >= 15 is 0 Å². The van der Waals surface area contributed by atoms with Crippen molar-refractivity contribution in [3.63, 3.8) is 0 Å². The first kappa shape index (κ1) is 24.0. The van der Waals surface area contributed by atoms with Crippen LogP contribution in [-0.2, 0) is 21.4 Å². The number of sulfonamides is 1. The van der Waals surface area contributed by atoms with Crippen molar-refractivity contribution in [2.75, 3.05) is 6.54 Å². The molecule has 1 aromatic heterocycles. The van der Waals surface area contributed by atoms with Gasteiger partial charge in [0.25, 0.3) is 15.9 Å². The first-order valence-corrected chi connectivity index (χ1v) is 12.7. The van der Waals surface area contributed by atoms with Gasteiger partial charge in [-0.05, 0) is 67.5 Å². The molecule has 0 radical (unpaired) electrons. The molecule has 1 N–H and O–H groups in total. The summed E-state index contributed by atoms with van der Waals surface area (Å²) in [7, 11) is -4.30. The number of carbonyl (C=O) groups excluding carboxylic acids is 1. The average Bonchev–Trinajstić information content (AvgIpc) is 3.21. The van der Waals surface area contributed by atoms with Crippen molar-refractivity contribution in [3.05, 3.63) is 94.4 Å². The fourth-order valence-electron chi connectivity index (χ4n) is 4.77. The molecule has 4 rings (SSSR count). The van der Waals surface area contributed by atoms with Gasteiger partial charge in [0.2, 0.25) is 5.95 Å². The van der Waals surface area contributed by atoms with Crippen LogP contribution in [0, 0.1) is 26.7 Å². The predicted octanol–water partition coefficient (Wildman–Crippen LogP) is 4.01. The second-order valence-electron chi connectivity index (χ2n) is 8.93. The molecule has 8 heteroatoms. The molecule has 1 amide bonds. The number of carbonyl (C=O) groups is 1. The fourth-order valence-corrected chi connectivity index (χ4v) is 5.74. The first-order valence-electron chi connectivity index (χ1n) is 11.2. The third-order valence-electron chi connectivity index (χ3n) is 6.38. The van der Waals surface area contributed by atoms with Crippen LogP contribution in [0.4, 0.5) is 4.39 Å². The highest BCUT2D eigenvalue weighted by Gasteiger charge is 2.39. The van der Waals surface area contributed by atoms with Gasteiger partial charge in [0.15, 0.2) is 5.03 Å². The van der Waals surface area contributed by atoms with Crippen molar-refractivity contribution < 1.29 is 17.6 Å². The zero-order valence-electron chi connectivity index (χ0n) is 19.5. The van der Waals surface area contributed by atoms with Gasteiger partial charge in [-0.3, -0.25) is 9.69 Å². The van der Waals surface area contributed by atoms with Gasteiger partial charge in [-0.1, -0.05) is 54.1 Å². The van der Waals surface area contributed by atoms with E-state index in [1.54, 1.807) is 0 Å².